The molecule has 2 rings (SSSR count). The van der Waals surface area contributed by atoms with E-state index < -0.39 is 5.67 Å². The molecular formula is C11H20FNO. The molecule has 82 valence electrons. The molecule has 0 aromatic rings. The van der Waals surface area contributed by atoms with E-state index in [1.807, 2.05) is 0 Å². The Labute approximate surface area is 85.2 Å². The Morgan fingerprint density at radius 3 is 2.57 bits per heavy atom. The second-order valence-corrected chi connectivity index (χ2v) is 4.75. The standard InChI is InChI=1S/C11H20FNO/c1-2-5-14-8-11(12)6-9-3-4-10(7-11)13-9/h9-10,13H,2-8H2,1H3. The van der Waals surface area contributed by atoms with Crippen molar-refractivity contribution in [2.24, 2.45) is 0 Å². The zero-order valence-electron chi connectivity index (χ0n) is 8.89. The largest absolute Gasteiger partial charge is 0.378 e. The molecule has 14 heavy (non-hydrogen) atoms. The van der Waals surface area contributed by atoms with E-state index in [9.17, 15) is 4.39 Å². The Morgan fingerprint density at radius 1 is 1.36 bits per heavy atom. The van der Waals surface area contributed by atoms with Crippen molar-refractivity contribution in [1.82, 2.24) is 5.32 Å². The zero-order valence-corrected chi connectivity index (χ0v) is 8.89. The molecule has 3 heteroatoms. The first kappa shape index (κ1) is 10.4. The van der Waals surface area contributed by atoms with Gasteiger partial charge in [0.2, 0.25) is 0 Å². The lowest BCUT2D eigenvalue weighted by Gasteiger charge is -2.34. The van der Waals surface area contributed by atoms with Gasteiger partial charge in [0.1, 0.15) is 5.67 Å². The minimum absolute atomic E-state index is 0.301. The zero-order chi connectivity index (χ0) is 10.0. The van der Waals surface area contributed by atoms with Crippen molar-refractivity contribution < 1.29 is 9.13 Å². The summed E-state index contributed by atoms with van der Waals surface area (Å²) < 4.78 is 19.6. The van der Waals surface area contributed by atoms with Gasteiger partial charge in [-0.2, -0.15) is 0 Å². The molecule has 0 amide bonds. The SMILES string of the molecule is CCCOCC1(F)CC2CCC(C1)N2. The van der Waals surface area contributed by atoms with Crippen LogP contribution in [-0.2, 0) is 4.74 Å². The van der Waals surface area contributed by atoms with Gasteiger partial charge in [0.15, 0.2) is 0 Å². The Kier molecular flexibility index (Phi) is 3.07. The molecule has 2 aliphatic rings. The van der Waals surface area contributed by atoms with Crippen LogP contribution < -0.4 is 5.32 Å². The molecule has 2 aliphatic heterocycles. The van der Waals surface area contributed by atoms with Crippen LogP contribution in [0, 0.1) is 0 Å². The summed E-state index contributed by atoms with van der Waals surface area (Å²) in [6, 6.07) is 0.813. The first-order valence-electron chi connectivity index (χ1n) is 5.74. The fourth-order valence-electron chi connectivity index (χ4n) is 2.71. The summed E-state index contributed by atoms with van der Waals surface area (Å²) in [5, 5.41) is 3.44. The molecule has 0 spiro atoms. The molecule has 2 heterocycles. The van der Waals surface area contributed by atoms with Gasteiger partial charge in [-0.1, -0.05) is 6.92 Å². The first-order valence-corrected chi connectivity index (χ1v) is 5.74. The number of fused-ring (bicyclic) bond motifs is 2. The lowest BCUT2D eigenvalue weighted by Crippen LogP contribution is -2.48. The Hall–Kier alpha value is -0.150. The van der Waals surface area contributed by atoms with Crippen molar-refractivity contribution in [3.05, 3.63) is 0 Å². The number of hydrogen-bond donors (Lipinski definition) is 1. The Bertz CT molecular complexity index is 186. The second kappa shape index (κ2) is 4.15. The molecule has 0 saturated carbocycles. The molecule has 2 unspecified atom stereocenters. The summed E-state index contributed by atoms with van der Waals surface area (Å²) in [7, 11) is 0. The summed E-state index contributed by atoms with van der Waals surface area (Å²) in [6.45, 7) is 3.04. The van der Waals surface area contributed by atoms with E-state index in [2.05, 4.69) is 12.2 Å². The van der Waals surface area contributed by atoms with E-state index in [0.29, 0.717) is 38.1 Å². The topological polar surface area (TPSA) is 21.3 Å². The maximum absolute atomic E-state index is 14.3. The molecule has 0 radical (unpaired) electrons. The molecule has 2 atom stereocenters. The van der Waals surface area contributed by atoms with Crippen molar-refractivity contribution in [2.75, 3.05) is 13.2 Å². The van der Waals surface area contributed by atoms with Crippen molar-refractivity contribution in [3.63, 3.8) is 0 Å². The van der Waals surface area contributed by atoms with Gasteiger partial charge in [0.05, 0.1) is 6.61 Å². The van der Waals surface area contributed by atoms with E-state index in [0.717, 1.165) is 19.3 Å². The quantitative estimate of drug-likeness (QED) is 0.703. The summed E-state index contributed by atoms with van der Waals surface area (Å²) in [5.41, 5.74) is -1.05. The highest BCUT2D eigenvalue weighted by Crippen LogP contribution is 2.36. The third-order valence-electron chi connectivity index (χ3n) is 3.27. The lowest BCUT2D eigenvalue weighted by atomic mass is 9.90. The number of rotatable bonds is 4. The van der Waals surface area contributed by atoms with E-state index in [1.54, 1.807) is 0 Å². The monoisotopic (exact) mass is 201 g/mol. The van der Waals surface area contributed by atoms with Crippen molar-refractivity contribution in [2.45, 2.75) is 56.8 Å². The predicted molar refractivity (Wildman–Crippen MR) is 54.1 cm³/mol. The number of alkyl halides is 1. The van der Waals surface area contributed by atoms with Crippen LogP contribution in [0.5, 0.6) is 0 Å². The highest BCUT2D eigenvalue weighted by molar-refractivity contribution is 5.00. The highest BCUT2D eigenvalue weighted by atomic mass is 19.1. The average Bonchev–Trinajstić information content (AvgIpc) is 2.46. The molecule has 0 aliphatic carbocycles. The van der Waals surface area contributed by atoms with Crippen LogP contribution in [0.1, 0.15) is 39.0 Å². The van der Waals surface area contributed by atoms with Gasteiger partial charge in [-0.05, 0) is 32.1 Å². The second-order valence-electron chi connectivity index (χ2n) is 4.75. The number of piperidine rings is 1. The van der Waals surface area contributed by atoms with Gasteiger partial charge in [0, 0.05) is 18.7 Å². The summed E-state index contributed by atoms with van der Waals surface area (Å²) in [6.07, 6.45) is 4.55. The van der Waals surface area contributed by atoms with E-state index in [-0.39, 0.29) is 0 Å². The number of ether oxygens (including phenoxy) is 1. The minimum atomic E-state index is -1.05. The van der Waals surface area contributed by atoms with Crippen LogP contribution >= 0.6 is 0 Å². The Morgan fingerprint density at radius 2 is 2.00 bits per heavy atom. The van der Waals surface area contributed by atoms with Crippen molar-refractivity contribution >= 4 is 0 Å². The molecular weight excluding hydrogens is 181 g/mol. The number of nitrogens with one attached hydrogen (secondary N) is 1. The highest BCUT2D eigenvalue weighted by Gasteiger charge is 2.44. The molecule has 2 saturated heterocycles. The third-order valence-corrected chi connectivity index (χ3v) is 3.27. The average molecular weight is 201 g/mol. The van der Waals surface area contributed by atoms with Crippen molar-refractivity contribution in [3.8, 4) is 0 Å². The predicted octanol–water partition coefficient (Wildman–Crippen LogP) is 2.04. The van der Waals surface area contributed by atoms with E-state index in [1.165, 1.54) is 0 Å². The van der Waals surface area contributed by atoms with E-state index >= 15 is 0 Å². The molecule has 2 fully saturated rings. The summed E-state index contributed by atoms with van der Waals surface area (Å²) in [4.78, 5) is 0. The summed E-state index contributed by atoms with van der Waals surface area (Å²) in [5.74, 6) is 0. The maximum atomic E-state index is 14.3. The van der Waals surface area contributed by atoms with Crippen LogP contribution in [0.2, 0.25) is 0 Å². The fourth-order valence-corrected chi connectivity index (χ4v) is 2.71. The van der Waals surface area contributed by atoms with E-state index in [4.69, 9.17) is 4.74 Å². The van der Waals surface area contributed by atoms with Crippen molar-refractivity contribution in [1.29, 1.82) is 0 Å². The molecule has 1 N–H and O–H groups in total. The van der Waals surface area contributed by atoms with Gasteiger partial charge in [0.25, 0.3) is 0 Å². The van der Waals surface area contributed by atoms with Gasteiger partial charge < -0.3 is 10.1 Å². The normalized spacial score (nSPS) is 41.6. The number of hydrogen-bond acceptors (Lipinski definition) is 2. The minimum Gasteiger partial charge on any atom is -0.378 e. The van der Waals surface area contributed by atoms with Crippen LogP contribution in [0.15, 0.2) is 0 Å². The first-order chi connectivity index (χ1) is 6.72. The fraction of sp³-hybridized carbons (Fsp3) is 1.00. The van der Waals surface area contributed by atoms with Crippen LogP contribution in [-0.4, -0.2) is 31.0 Å². The molecule has 0 aromatic heterocycles. The molecule has 2 nitrogen and oxygen atoms in total. The smallest absolute Gasteiger partial charge is 0.137 e. The van der Waals surface area contributed by atoms with Gasteiger partial charge in [-0.15, -0.1) is 0 Å². The van der Waals surface area contributed by atoms with Gasteiger partial charge in [-0.25, -0.2) is 4.39 Å². The molecule has 2 bridgehead atoms. The summed E-state index contributed by atoms with van der Waals surface area (Å²) >= 11 is 0. The van der Waals surface area contributed by atoms with Crippen LogP contribution in [0.4, 0.5) is 4.39 Å². The van der Waals surface area contributed by atoms with Crippen LogP contribution in [0.3, 0.4) is 0 Å². The van der Waals surface area contributed by atoms with Gasteiger partial charge >= 0.3 is 0 Å². The molecule has 0 aromatic carbocycles. The third kappa shape index (κ3) is 2.26. The number of halogens is 1. The van der Waals surface area contributed by atoms with Gasteiger partial charge in [-0.3, -0.25) is 0 Å². The lowest BCUT2D eigenvalue weighted by molar-refractivity contribution is -0.0148. The van der Waals surface area contributed by atoms with Crippen LogP contribution in [0.25, 0.3) is 0 Å². The Balaban J connectivity index is 1.83. The maximum Gasteiger partial charge on any atom is 0.137 e.